The van der Waals surface area contributed by atoms with Crippen molar-refractivity contribution >= 4 is 28.9 Å². The lowest BCUT2D eigenvalue weighted by Crippen LogP contribution is -2.36. The van der Waals surface area contributed by atoms with Crippen molar-refractivity contribution in [3.05, 3.63) is 65.2 Å². The molecule has 27 heavy (non-hydrogen) atoms. The number of nitrogens with one attached hydrogen (secondary N) is 1. The quantitative estimate of drug-likeness (QED) is 0.711. The molecule has 0 bridgehead atoms. The van der Waals surface area contributed by atoms with Crippen LogP contribution in [0.4, 0.5) is 17.3 Å². The van der Waals surface area contributed by atoms with Crippen LogP contribution in [0.5, 0.6) is 0 Å². The Morgan fingerprint density at radius 1 is 1.00 bits per heavy atom. The molecular formula is C21H21ClN4O. The minimum Gasteiger partial charge on any atom is -0.378 e. The van der Waals surface area contributed by atoms with Crippen molar-refractivity contribution in [3.8, 4) is 11.4 Å². The number of morpholine rings is 1. The molecule has 2 heterocycles. The van der Waals surface area contributed by atoms with E-state index in [0.29, 0.717) is 19.0 Å². The maximum Gasteiger partial charge on any atom is 0.163 e. The number of hydrogen-bond acceptors (Lipinski definition) is 5. The average Bonchev–Trinajstić information content (AvgIpc) is 2.72. The van der Waals surface area contributed by atoms with Gasteiger partial charge < -0.3 is 15.0 Å². The van der Waals surface area contributed by atoms with Crippen LogP contribution in [0.2, 0.25) is 5.02 Å². The molecule has 1 N–H and O–H groups in total. The molecule has 0 saturated carbocycles. The van der Waals surface area contributed by atoms with Crippen molar-refractivity contribution in [3.63, 3.8) is 0 Å². The highest BCUT2D eigenvalue weighted by atomic mass is 35.5. The predicted octanol–water partition coefficient (Wildman–Crippen LogP) is 4.69. The highest BCUT2D eigenvalue weighted by Crippen LogP contribution is 2.28. The van der Waals surface area contributed by atoms with E-state index in [1.807, 2.05) is 61.5 Å². The third-order valence-corrected chi connectivity index (χ3v) is 5.02. The molecular weight excluding hydrogens is 360 g/mol. The van der Waals surface area contributed by atoms with Gasteiger partial charge in [0.15, 0.2) is 5.82 Å². The van der Waals surface area contributed by atoms with E-state index < -0.39 is 0 Å². The molecule has 1 aliphatic rings. The summed E-state index contributed by atoms with van der Waals surface area (Å²) in [6.45, 7) is 5.05. The molecule has 0 spiro atoms. The fourth-order valence-electron chi connectivity index (χ4n) is 3.05. The van der Waals surface area contributed by atoms with Crippen molar-refractivity contribution in [1.29, 1.82) is 0 Å². The van der Waals surface area contributed by atoms with E-state index in [1.165, 1.54) is 0 Å². The fraction of sp³-hybridized carbons (Fsp3) is 0.238. The number of nitrogens with zero attached hydrogens (tertiary/aromatic N) is 3. The molecule has 1 fully saturated rings. The van der Waals surface area contributed by atoms with Crippen LogP contribution in [-0.2, 0) is 4.74 Å². The number of anilines is 3. The summed E-state index contributed by atoms with van der Waals surface area (Å²) in [5, 5.41) is 4.14. The smallest absolute Gasteiger partial charge is 0.163 e. The Labute approximate surface area is 164 Å². The summed E-state index contributed by atoms with van der Waals surface area (Å²) >= 11 is 6.27. The van der Waals surface area contributed by atoms with Gasteiger partial charge in [0.2, 0.25) is 0 Å². The predicted molar refractivity (Wildman–Crippen MR) is 110 cm³/mol. The van der Waals surface area contributed by atoms with Crippen LogP contribution in [0.1, 0.15) is 5.56 Å². The number of hydrogen-bond donors (Lipinski definition) is 1. The van der Waals surface area contributed by atoms with Crippen LogP contribution in [0.3, 0.4) is 0 Å². The average molecular weight is 381 g/mol. The lowest BCUT2D eigenvalue weighted by Gasteiger charge is -2.28. The zero-order valence-electron chi connectivity index (χ0n) is 15.2. The largest absolute Gasteiger partial charge is 0.378 e. The lowest BCUT2D eigenvalue weighted by molar-refractivity contribution is 0.122. The van der Waals surface area contributed by atoms with Gasteiger partial charge in [0, 0.05) is 35.4 Å². The lowest BCUT2D eigenvalue weighted by atomic mass is 10.2. The molecule has 0 radical (unpaired) electrons. The Bertz CT molecular complexity index is 927. The van der Waals surface area contributed by atoms with E-state index in [4.69, 9.17) is 26.3 Å². The minimum absolute atomic E-state index is 0.696. The van der Waals surface area contributed by atoms with E-state index in [0.717, 1.165) is 46.6 Å². The molecule has 6 heteroatoms. The van der Waals surface area contributed by atoms with Crippen LogP contribution in [0, 0.1) is 6.92 Å². The molecule has 0 aliphatic carbocycles. The van der Waals surface area contributed by atoms with E-state index in [-0.39, 0.29) is 0 Å². The Morgan fingerprint density at radius 2 is 1.78 bits per heavy atom. The highest BCUT2D eigenvalue weighted by Gasteiger charge is 2.16. The molecule has 1 saturated heterocycles. The first-order valence-corrected chi connectivity index (χ1v) is 9.38. The van der Waals surface area contributed by atoms with E-state index in [2.05, 4.69) is 10.2 Å². The van der Waals surface area contributed by atoms with Crippen molar-refractivity contribution in [2.45, 2.75) is 6.92 Å². The summed E-state index contributed by atoms with van der Waals surface area (Å²) in [7, 11) is 0. The summed E-state index contributed by atoms with van der Waals surface area (Å²) in [5.41, 5.74) is 2.92. The van der Waals surface area contributed by atoms with Crippen LogP contribution in [0.15, 0.2) is 54.6 Å². The number of benzene rings is 2. The van der Waals surface area contributed by atoms with Gasteiger partial charge in [-0.05, 0) is 24.6 Å². The van der Waals surface area contributed by atoms with E-state index in [9.17, 15) is 0 Å². The van der Waals surface area contributed by atoms with Gasteiger partial charge in [-0.25, -0.2) is 9.97 Å². The molecule has 3 aromatic rings. The van der Waals surface area contributed by atoms with Gasteiger partial charge in [-0.3, -0.25) is 0 Å². The molecule has 4 rings (SSSR count). The first kappa shape index (κ1) is 17.8. The van der Waals surface area contributed by atoms with Gasteiger partial charge >= 0.3 is 0 Å². The van der Waals surface area contributed by atoms with E-state index in [1.54, 1.807) is 0 Å². The summed E-state index contributed by atoms with van der Waals surface area (Å²) in [5.74, 6) is 2.34. The molecule has 0 amide bonds. The molecule has 5 nitrogen and oxygen atoms in total. The second-order valence-electron chi connectivity index (χ2n) is 6.44. The summed E-state index contributed by atoms with van der Waals surface area (Å²) in [4.78, 5) is 11.8. The number of halogens is 1. The number of ether oxygens (including phenoxy) is 1. The monoisotopic (exact) mass is 380 g/mol. The van der Waals surface area contributed by atoms with Crippen LogP contribution >= 0.6 is 11.6 Å². The normalized spacial score (nSPS) is 14.2. The van der Waals surface area contributed by atoms with Crippen molar-refractivity contribution in [1.82, 2.24) is 9.97 Å². The van der Waals surface area contributed by atoms with Crippen LogP contribution in [0.25, 0.3) is 11.4 Å². The summed E-state index contributed by atoms with van der Waals surface area (Å²) in [6.07, 6.45) is 0. The molecule has 0 unspecified atom stereocenters. The summed E-state index contributed by atoms with van der Waals surface area (Å²) in [6, 6.07) is 17.8. The zero-order valence-corrected chi connectivity index (χ0v) is 15.9. The maximum absolute atomic E-state index is 6.27. The number of rotatable bonds is 4. The highest BCUT2D eigenvalue weighted by molar-refractivity contribution is 6.31. The second kappa shape index (κ2) is 7.94. The first-order valence-electron chi connectivity index (χ1n) is 9.00. The Morgan fingerprint density at radius 3 is 2.56 bits per heavy atom. The topological polar surface area (TPSA) is 50.3 Å². The molecule has 1 aromatic heterocycles. The van der Waals surface area contributed by atoms with Crippen LogP contribution < -0.4 is 10.2 Å². The van der Waals surface area contributed by atoms with Gasteiger partial charge in [-0.2, -0.15) is 0 Å². The molecule has 1 aliphatic heterocycles. The third-order valence-electron chi connectivity index (χ3n) is 4.61. The second-order valence-corrected chi connectivity index (χ2v) is 6.85. The van der Waals surface area contributed by atoms with E-state index >= 15 is 0 Å². The molecule has 0 atom stereocenters. The summed E-state index contributed by atoms with van der Waals surface area (Å²) < 4.78 is 5.48. The zero-order chi connectivity index (χ0) is 18.6. The SMILES string of the molecule is Cc1c(Cl)cccc1Nc1cc(N2CCOCC2)nc(-c2ccccc2)n1. The Hall–Kier alpha value is -2.63. The van der Waals surface area contributed by atoms with Crippen molar-refractivity contribution < 1.29 is 4.74 Å². The van der Waals surface area contributed by atoms with Gasteiger partial charge in [-0.1, -0.05) is 48.0 Å². The first-order chi connectivity index (χ1) is 13.2. The standard InChI is InChI=1S/C21H21ClN4O/c1-15-17(22)8-5-9-18(15)23-19-14-20(26-10-12-27-13-11-26)25-21(24-19)16-6-3-2-4-7-16/h2-9,14H,10-13H2,1H3,(H,23,24,25). The molecule has 138 valence electrons. The van der Waals surface area contributed by atoms with Crippen LogP contribution in [-0.4, -0.2) is 36.3 Å². The van der Waals surface area contributed by atoms with Gasteiger partial charge in [0.05, 0.1) is 13.2 Å². The third kappa shape index (κ3) is 4.04. The van der Waals surface area contributed by atoms with Crippen molar-refractivity contribution in [2.75, 3.05) is 36.5 Å². The van der Waals surface area contributed by atoms with Gasteiger partial charge in [-0.15, -0.1) is 0 Å². The Kier molecular flexibility index (Phi) is 5.23. The van der Waals surface area contributed by atoms with Crippen molar-refractivity contribution in [2.24, 2.45) is 0 Å². The number of aromatic nitrogens is 2. The van der Waals surface area contributed by atoms with Gasteiger partial charge in [0.1, 0.15) is 11.6 Å². The maximum atomic E-state index is 6.27. The minimum atomic E-state index is 0.696. The molecule has 2 aromatic carbocycles. The van der Waals surface area contributed by atoms with Gasteiger partial charge in [0.25, 0.3) is 0 Å². The Balaban J connectivity index is 1.74. The fourth-order valence-corrected chi connectivity index (χ4v) is 3.22.